The van der Waals surface area contributed by atoms with Gasteiger partial charge in [0, 0.05) is 38.2 Å². The average Bonchev–Trinajstić information content (AvgIpc) is 3.18. The summed E-state index contributed by atoms with van der Waals surface area (Å²) in [6.45, 7) is 3.08. The summed E-state index contributed by atoms with van der Waals surface area (Å²) in [5.41, 5.74) is 0.142. The predicted molar refractivity (Wildman–Crippen MR) is 105 cm³/mol. The van der Waals surface area contributed by atoms with Gasteiger partial charge in [-0.15, -0.1) is 0 Å². The first kappa shape index (κ1) is 21.8. The van der Waals surface area contributed by atoms with Gasteiger partial charge in [0.15, 0.2) is 5.82 Å². The lowest BCUT2D eigenvalue weighted by atomic mass is 10.0. The fourth-order valence-electron chi connectivity index (χ4n) is 3.61. The molecular formula is C20H26FN5O4. The predicted octanol–water partition coefficient (Wildman–Crippen LogP) is 0.638. The van der Waals surface area contributed by atoms with Crippen LogP contribution >= 0.6 is 0 Å². The fourth-order valence-corrected chi connectivity index (χ4v) is 3.61. The van der Waals surface area contributed by atoms with Crippen molar-refractivity contribution in [2.45, 2.75) is 31.8 Å². The van der Waals surface area contributed by atoms with Gasteiger partial charge in [0.1, 0.15) is 11.9 Å². The van der Waals surface area contributed by atoms with Gasteiger partial charge < -0.3 is 24.7 Å². The van der Waals surface area contributed by atoms with Crippen molar-refractivity contribution in [1.29, 1.82) is 0 Å². The Bertz CT molecular complexity index is 882. The zero-order chi connectivity index (χ0) is 21.7. The van der Waals surface area contributed by atoms with Crippen LogP contribution in [0.25, 0.3) is 0 Å². The highest BCUT2D eigenvalue weighted by Gasteiger charge is 2.32. The number of aliphatic hydroxyl groups is 1. The number of aliphatic hydroxyl groups excluding tert-OH is 1. The first-order chi connectivity index (χ1) is 14.4. The number of benzene rings is 1. The van der Waals surface area contributed by atoms with Crippen molar-refractivity contribution in [1.82, 2.24) is 25.3 Å². The third-order valence-corrected chi connectivity index (χ3v) is 5.32. The number of hydrogen-bond acceptors (Lipinski definition) is 7. The molecule has 0 radical (unpaired) electrons. The molecule has 3 rings (SSSR count). The molecule has 2 amide bonds. The second kappa shape index (κ2) is 9.77. The fraction of sp³-hybridized carbons (Fsp3) is 0.500. The maximum atomic E-state index is 14.4. The number of carbonyl (C=O) groups is 2. The first-order valence-corrected chi connectivity index (χ1v) is 9.86. The van der Waals surface area contributed by atoms with E-state index in [9.17, 15) is 14.0 Å². The van der Waals surface area contributed by atoms with Gasteiger partial charge in [-0.05, 0) is 26.0 Å². The molecule has 1 aliphatic rings. The van der Waals surface area contributed by atoms with E-state index in [-0.39, 0.29) is 29.9 Å². The number of nitrogens with zero attached hydrogens (tertiary/aromatic N) is 4. The van der Waals surface area contributed by atoms with Crippen molar-refractivity contribution in [3.05, 3.63) is 47.4 Å². The molecule has 0 saturated carbocycles. The van der Waals surface area contributed by atoms with Crippen molar-refractivity contribution in [2.75, 3.05) is 33.3 Å². The van der Waals surface area contributed by atoms with E-state index >= 15 is 0 Å². The number of likely N-dealkylation sites (N-methyl/N-ethyl adjacent to an activating group) is 1. The Morgan fingerprint density at radius 2 is 2.07 bits per heavy atom. The molecular weight excluding hydrogens is 393 g/mol. The third-order valence-electron chi connectivity index (χ3n) is 5.32. The number of halogens is 1. The van der Waals surface area contributed by atoms with Gasteiger partial charge in [-0.3, -0.25) is 9.59 Å². The van der Waals surface area contributed by atoms with Crippen LogP contribution in [0.15, 0.2) is 28.8 Å². The molecule has 0 spiro atoms. The summed E-state index contributed by atoms with van der Waals surface area (Å²) in [6, 6.07) is 5.11. The van der Waals surface area contributed by atoms with Crippen LogP contribution in [-0.2, 0) is 9.59 Å². The molecule has 30 heavy (non-hydrogen) atoms. The van der Waals surface area contributed by atoms with Crippen molar-refractivity contribution in [2.24, 2.45) is 0 Å². The van der Waals surface area contributed by atoms with Crippen LogP contribution in [0.5, 0.6) is 0 Å². The van der Waals surface area contributed by atoms with Crippen LogP contribution < -0.4 is 5.32 Å². The zero-order valence-corrected chi connectivity index (χ0v) is 17.0. The monoisotopic (exact) mass is 419 g/mol. The molecule has 10 heteroatoms. The summed E-state index contributed by atoms with van der Waals surface area (Å²) in [5.74, 6) is -1.75. The average molecular weight is 419 g/mol. The zero-order valence-electron chi connectivity index (χ0n) is 17.0. The van der Waals surface area contributed by atoms with Crippen molar-refractivity contribution in [3.63, 3.8) is 0 Å². The van der Waals surface area contributed by atoms with Gasteiger partial charge in [0.05, 0.1) is 6.61 Å². The van der Waals surface area contributed by atoms with E-state index in [1.54, 1.807) is 13.0 Å². The standard InChI is InChI=1S/C20H26FN5O4/c1-13-22-18(24-30-13)17(15-5-3-4-6-16(15)21)23-19(28)20(29)26-9-7-14(8-10-26)25(2)11-12-27/h3-6,14,17,27H,7-12H2,1-2H3,(H,23,28). The Kier molecular flexibility index (Phi) is 7.11. The van der Waals surface area contributed by atoms with Crippen LogP contribution in [0, 0.1) is 12.7 Å². The number of aryl methyl sites for hydroxylation is 1. The van der Waals surface area contributed by atoms with Gasteiger partial charge in [-0.1, -0.05) is 23.4 Å². The maximum Gasteiger partial charge on any atom is 0.311 e. The quantitative estimate of drug-likeness (QED) is 0.661. The van der Waals surface area contributed by atoms with Crippen molar-refractivity contribution >= 4 is 11.8 Å². The van der Waals surface area contributed by atoms with Crippen LogP contribution in [0.2, 0.25) is 0 Å². The Morgan fingerprint density at radius 3 is 2.67 bits per heavy atom. The molecule has 1 aliphatic heterocycles. The number of hydrogen-bond donors (Lipinski definition) is 2. The highest BCUT2D eigenvalue weighted by atomic mass is 19.1. The molecule has 2 aromatic rings. The van der Waals surface area contributed by atoms with Crippen LogP contribution in [0.3, 0.4) is 0 Å². The lowest BCUT2D eigenvalue weighted by Crippen LogP contribution is -2.50. The van der Waals surface area contributed by atoms with Gasteiger partial charge >= 0.3 is 11.8 Å². The van der Waals surface area contributed by atoms with Crippen molar-refractivity contribution in [3.8, 4) is 0 Å². The Morgan fingerprint density at radius 1 is 1.37 bits per heavy atom. The minimum absolute atomic E-state index is 0.0723. The summed E-state index contributed by atoms with van der Waals surface area (Å²) in [4.78, 5) is 33.0. The van der Waals surface area contributed by atoms with Gasteiger partial charge in [-0.2, -0.15) is 4.98 Å². The number of amides is 2. The van der Waals surface area contributed by atoms with E-state index in [1.807, 2.05) is 7.05 Å². The maximum absolute atomic E-state index is 14.4. The Labute approximate surface area is 173 Å². The molecule has 0 aliphatic carbocycles. The smallest absolute Gasteiger partial charge is 0.311 e. The molecule has 1 saturated heterocycles. The third kappa shape index (κ3) is 5.00. The molecule has 1 atom stereocenters. The van der Waals surface area contributed by atoms with E-state index < -0.39 is 23.7 Å². The lowest BCUT2D eigenvalue weighted by molar-refractivity contribution is -0.147. The van der Waals surface area contributed by atoms with E-state index in [0.29, 0.717) is 32.5 Å². The first-order valence-electron chi connectivity index (χ1n) is 9.86. The number of rotatable bonds is 6. The number of likely N-dealkylation sites (tertiary alicyclic amines) is 1. The molecule has 1 aromatic heterocycles. The molecule has 162 valence electrons. The SMILES string of the molecule is Cc1nc(C(NC(=O)C(=O)N2CCC(N(C)CCO)CC2)c2ccccc2F)no1. The normalized spacial score (nSPS) is 16.0. The highest BCUT2D eigenvalue weighted by Crippen LogP contribution is 2.23. The van der Waals surface area contributed by atoms with E-state index in [0.717, 1.165) is 0 Å². The molecule has 2 N–H and O–H groups in total. The van der Waals surface area contributed by atoms with Gasteiger partial charge in [0.2, 0.25) is 5.89 Å². The van der Waals surface area contributed by atoms with E-state index in [2.05, 4.69) is 20.4 Å². The number of carbonyl (C=O) groups excluding carboxylic acids is 2. The minimum atomic E-state index is -1.05. The second-order valence-electron chi connectivity index (χ2n) is 7.33. The number of piperidine rings is 1. The Hall–Kier alpha value is -2.85. The van der Waals surface area contributed by atoms with Crippen LogP contribution in [0.1, 0.15) is 36.2 Å². The minimum Gasteiger partial charge on any atom is -0.395 e. The summed E-state index contributed by atoms with van der Waals surface area (Å²) in [6.07, 6.45) is 1.41. The van der Waals surface area contributed by atoms with Crippen LogP contribution in [0.4, 0.5) is 4.39 Å². The summed E-state index contributed by atoms with van der Waals surface area (Å²) in [5, 5.41) is 15.4. The molecule has 1 fully saturated rings. The van der Waals surface area contributed by atoms with E-state index in [1.165, 1.54) is 23.1 Å². The topological polar surface area (TPSA) is 112 Å². The largest absolute Gasteiger partial charge is 0.395 e. The number of aromatic nitrogens is 2. The molecule has 2 heterocycles. The van der Waals surface area contributed by atoms with Gasteiger partial charge in [-0.25, -0.2) is 4.39 Å². The molecule has 9 nitrogen and oxygen atoms in total. The highest BCUT2D eigenvalue weighted by molar-refractivity contribution is 6.35. The van der Waals surface area contributed by atoms with Crippen molar-refractivity contribution < 1.29 is 23.6 Å². The molecule has 0 bridgehead atoms. The summed E-state index contributed by atoms with van der Waals surface area (Å²) in [7, 11) is 1.93. The van der Waals surface area contributed by atoms with Gasteiger partial charge in [0.25, 0.3) is 0 Å². The summed E-state index contributed by atoms with van der Waals surface area (Å²) < 4.78 is 19.3. The Balaban J connectivity index is 1.69. The molecule has 1 aromatic carbocycles. The summed E-state index contributed by atoms with van der Waals surface area (Å²) >= 11 is 0. The van der Waals surface area contributed by atoms with Crippen LogP contribution in [-0.4, -0.2) is 76.2 Å². The lowest BCUT2D eigenvalue weighted by Gasteiger charge is -2.36. The molecule has 1 unspecified atom stereocenters. The second-order valence-corrected chi connectivity index (χ2v) is 7.33. The number of nitrogens with one attached hydrogen (secondary N) is 1. The van der Waals surface area contributed by atoms with E-state index in [4.69, 9.17) is 9.63 Å².